The number of non-ortho nitro benzene ring substituents is 1. The Morgan fingerprint density at radius 3 is 2.44 bits per heavy atom. The number of imide groups is 1. The van der Waals surface area contributed by atoms with Gasteiger partial charge in [0.05, 0.1) is 41.0 Å². The smallest absolute Gasteiger partial charge is 0.319 e. The van der Waals surface area contributed by atoms with E-state index in [0.29, 0.717) is 22.2 Å². The summed E-state index contributed by atoms with van der Waals surface area (Å²) in [4.78, 5) is 48.3. The molecule has 0 saturated carbocycles. The van der Waals surface area contributed by atoms with Crippen LogP contribution in [-0.4, -0.2) is 55.0 Å². The topological polar surface area (TPSA) is 140 Å². The number of carbonyl (C=O) groups excluding carboxylic acids is 3. The van der Waals surface area contributed by atoms with Crippen molar-refractivity contribution in [3.05, 3.63) is 56.6 Å². The summed E-state index contributed by atoms with van der Waals surface area (Å²) in [7, 11) is 2.87. The van der Waals surface area contributed by atoms with Gasteiger partial charge in [-0.2, -0.15) is 0 Å². The van der Waals surface area contributed by atoms with Crippen molar-refractivity contribution < 1.29 is 28.8 Å². The van der Waals surface area contributed by atoms with Crippen molar-refractivity contribution in [3.63, 3.8) is 0 Å². The molecule has 0 radical (unpaired) electrons. The minimum absolute atomic E-state index is 0.00122. The highest BCUT2D eigenvalue weighted by Crippen LogP contribution is 2.35. The number of methoxy groups -OCH3 is 2. The lowest BCUT2D eigenvalue weighted by Gasteiger charge is -2.15. The van der Waals surface area contributed by atoms with Gasteiger partial charge in [-0.15, -0.1) is 0 Å². The quantitative estimate of drug-likeness (QED) is 0.266. The first-order valence-electron chi connectivity index (χ1n) is 9.37. The number of urea groups is 1. The number of rotatable bonds is 8. The molecule has 0 saturated heterocycles. The summed E-state index contributed by atoms with van der Waals surface area (Å²) in [6, 6.07) is 6.02. The molecule has 0 atom stereocenters. The number of anilines is 1. The van der Waals surface area contributed by atoms with Crippen LogP contribution in [0.2, 0.25) is 5.02 Å². The third-order valence-electron chi connectivity index (χ3n) is 4.73. The van der Waals surface area contributed by atoms with Crippen molar-refractivity contribution in [2.24, 2.45) is 0 Å². The Kier molecular flexibility index (Phi) is 6.79. The van der Waals surface area contributed by atoms with Gasteiger partial charge in [0.2, 0.25) is 0 Å². The number of halogens is 1. The lowest BCUT2D eigenvalue weighted by molar-refractivity contribution is -0.384. The van der Waals surface area contributed by atoms with E-state index in [1.165, 1.54) is 38.5 Å². The first-order chi connectivity index (χ1) is 15.3. The third-order valence-corrected chi connectivity index (χ3v) is 5.03. The second kappa shape index (κ2) is 9.52. The van der Waals surface area contributed by atoms with Gasteiger partial charge in [0.15, 0.2) is 0 Å². The Balaban J connectivity index is 1.54. The van der Waals surface area contributed by atoms with Crippen LogP contribution in [0.5, 0.6) is 11.5 Å². The molecule has 0 aromatic heterocycles. The largest absolute Gasteiger partial charge is 0.495 e. The number of benzene rings is 2. The predicted octanol–water partition coefficient (Wildman–Crippen LogP) is 3.07. The minimum Gasteiger partial charge on any atom is -0.495 e. The van der Waals surface area contributed by atoms with E-state index in [2.05, 4.69) is 10.6 Å². The zero-order valence-electron chi connectivity index (χ0n) is 17.1. The summed E-state index contributed by atoms with van der Waals surface area (Å²) in [5.74, 6) is -0.432. The predicted molar refractivity (Wildman–Crippen MR) is 115 cm³/mol. The molecule has 0 fully saturated rings. The lowest BCUT2D eigenvalue weighted by atomic mass is 10.1. The van der Waals surface area contributed by atoms with Gasteiger partial charge in [0.25, 0.3) is 17.5 Å². The Hall–Kier alpha value is -3.86. The lowest BCUT2D eigenvalue weighted by Crippen LogP contribution is -2.35. The number of nitro groups is 1. The maximum absolute atomic E-state index is 12.5. The van der Waals surface area contributed by atoms with Gasteiger partial charge < -0.3 is 20.1 Å². The fraction of sp³-hybridized carbons (Fsp3) is 0.250. The highest BCUT2D eigenvalue weighted by molar-refractivity contribution is 6.32. The first kappa shape index (κ1) is 22.8. The monoisotopic (exact) mass is 462 g/mol. The van der Waals surface area contributed by atoms with Crippen LogP contribution in [0.25, 0.3) is 0 Å². The number of nitrogens with one attached hydrogen (secondary N) is 2. The highest BCUT2D eigenvalue weighted by Gasteiger charge is 2.36. The van der Waals surface area contributed by atoms with Crippen molar-refractivity contribution in [1.29, 1.82) is 0 Å². The number of fused-ring (bicyclic) bond motifs is 1. The first-order valence-corrected chi connectivity index (χ1v) is 9.75. The number of hydrogen-bond acceptors (Lipinski definition) is 7. The average Bonchev–Trinajstić information content (AvgIpc) is 3.01. The molecule has 0 unspecified atom stereocenters. The summed E-state index contributed by atoms with van der Waals surface area (Å²) in [6.45, 7) is 0.199. The summed E-state index contributed by atoms with van der Waals surface area (Å²) < 4.78 is 10.3. The van der Waals surface area contributed by atoms with Crippen LogP contribution in [0.3, 0.4) is 0 Å². The Morgan fingerprint density at radius 1 is 1.09 bits per heavy atom. The van der Waals surface area contributed by atoms with E-state index >= 15 is 0 Å². The summed E-state index contributed by atoms with van der Waals surface area (Å²) in [5.41, 5.74) is 0.196. The fourth-order valence-electron chi connectivity index (χ4n) is 3.16. The van der Waals surface area contributed by atoms with Crippen LogP contribution in [0, 0.1) is 10.1 Å². The van der Waals surface area contributed by atoms with Crippen molar-refractivity contribution in [3.8, 4) is 11.5 Å². The molecule has 12 heteroatoms. The molecule has 1 aliphatic rings. The normalized spacial score (nSPS) is 12.4. The number of nitro benzene ring substituents is 1. The van der Waals surface area contributed by atoms with E-state index in [0.717, 1.165) is 11.0 Å². The van der Waals surface area contributed by atoms with Crippen LogP contribution in [-0.2, 0) is 0 Å². The maximum atomic E-state index is 12.5. The van der Waals surface area contributed by atoms with Crippen molar-refractivity contribution in [2.45, 2.75) is 6.42 Å². The molecule has 32 heavy (non-hydrogen) atoms. The van der Waals surface area contributed by atoms with Crippen LogP contribution < -0.4 is 20.1 Å². The van der Waals surface area contributed by atoms with Gasteiger partial charge in [-0.3, -0.25) is 24.6 Å². The molecule has 11 nitrogen and oxygen atoms in total. The summed E-state index contributed by atoms with van der Waals surface area (Å²) in [5, 5.41) is 16.4. The molecule has 168 valence electrons. The molecular weight excluding hydrogens is 444 g/mol. The van der Waals surface area contributed by atoms with Gasteiger partial charge >= 0.3 is 6.03 Å². The van der Waals surface area contributed by atoms with Crippen molar-refractivity contribution >= 4 is 40.8 Å². The number of amides is 4. The van der Waals surface area contributed by atoms with E-state index in [1.807, 2.05) is 0 Å². The van der Waals surface area contributed by atoms with Crippen LogP contribution in [0.1, 0.15) is 27.1 Å². The second-order valence-corrected chi connectivity index (χ2v) is 7.08. The van der Waals surface area contributed by atoms with E-state index in [1.54, 1.807) is 0 Å². The zero-order chi connectivity index (χ0) is 23.4. The van der Waals surface area contributed by atoms with E-state index in [-0.39, 0.29) is 36.3 Å². The molecule has 2 aromatic carbocycles. The SMILES string of the molecule is COc1cc(NC(=O)NCCCN2C(=O)c3ccc([N+](=O)[O-])cc3C2=O)c(OC)cc1Cl. The molecule has 3 rings (SSSR count). The number of ether oxygens (including phenoxy) is 2. The van der Waals surface area contributed by atoms with Gasteiger partial charge in [-0.05, 0) is 12.5 Å². The van der Waals surface area contributed by atoms with Crippen molar-refractivity contribution in [2.75, 3.05) is 32.6 Å². The number of carbonyl (C=O) groups is 3. The van der Waals surface area contributed by atoms with Crippen LogP contribution >= 0.6 is 11.6 Å². The van der Waals surface area contributed by atoms with Gasteiger partial charge in [-0.25, -0.2) is 4.79 Å². The van der Waals surface area contributed by atoms with E-state index in [9.17, 15) is 24.5 Å². The Labute approximate surface area is 187 Å². The Morgan fingerprint density at radius 2 is 1.78 bits per heavy atom. The maximum Gasteiger partial charge on any atom is 0.319 e. The van der Waals surface area contributed by atoms with Crippen LogP contribution in [0.4, 0.5) is 16.2 Å². The van der Waals surface area contributed by atoms with Gasteiger partial charge in [-0.1, -0.05) is 11.6 Å². The van der Waals surface area contributed by atoms with E-state index in [4.69, 9.17) is 21.1 Å². The second-order valence-electron chi connectivity index (χ2n) is 6.67. The zero-order valence-corrected chi connectivity index (χ0v) is 17.9. The summed E-state index contributed by atoms with van der Waals surface area (Å²) >= 11 is 6.04. The van der Waals surface area contributed by atoms with Crippen LogP contribution in [0.15, 0.2) is 30.3 Å². The molecule has 0 spiro atoms. The molecule has 1 heterocycles. The van der Waals surface area contributed by atoms with Gasteiger partial charge in [0, 0.05) is 37.4 Å². The molecule has 0 bridgehead atoms. The Bertz CT molecular complexity index is 1110. The standard InChI is InChI=1S/C20H19ClN4O7/c1-31-16-10-15(17(32-2)9-14(16)21)23-20(28)22-6-3-7-24-18(26)12-5-4-11(25(29)30)8-13(12)19(24)27/h4-5,8-10H,3,6-7H2,1-2H3,(H2,22,23,28). The minimum atomic E-state index is -0.630. The molecule has 0 aliphatic carbocycles. The molecule has 1 aliphatic heterocycles. The molecule has 2 aromatic rings. The molecule has 4 amide bonds. The molecule has 2 N–H and O–H groups in total. The van der Waals surface area contributed by atoms with Gasteiger partial charge in [0.1, 0.15) is 11.5 Å². The number of hydrogen-bond donors (Lipinski definition) is 2. The summed E-state index contributed by atoms with van der Waals surface area (Å²) in [6.07, 6.45) is 0.280. The molecular formula is C20H19ClN4O7. The van der Waals surface area contributed by atoms with Crippen molar-refractivity contribution in [1.82, 2.24) is 10.2 Å². The fourth-order valence-corrected chi connectivity index (χ4v) is 3.39. The average molecular weight is 463 g/mol. The highest BCUT2D eigenvalue weighted by atomic mass is 35.5. The van der Waals surface area contributed by atoms with E-state index < -0.39 is 22.8 Å². The number of nitrogens with zero attached hydrogens (tertiary/aromatic N) is 2. The third kappa shape index (κ3) is 4.57.